The molecule has 0 spiro atoms. The van der Waals surface area contributed by atoms with Gasteiger partial charge in [-0.1, -0.05) is 18.2 Å². The lowest BCUT2D eigenvalue weighted by Crippen LogP contribution is -2.44. The van der Waals surface area contributed by atoms with E-state index in [-0.39, 0.29) is 22.9 Å². The zero-order valence-electron chi connectivity index (χ0n) is 15.1. The van der Waals surface area contributed by atoms with E-state index in [0.717, 1.165) is 22.1 Å². The molecular weight excluding hydrogens is 393 g/mol. The largest absolute Gasteiger partial charge is 0.410 e. The Hall–Kier alpha value is -2.82. The van der Waals surface area contributed by atoms with Gasteiger partial charge >= 0.3 is 6.18 Å². The molecule has 1 aromatic heterocycles. The van der Waals surface area contributed by atoms with Gasteiger partial charge in [0.2, 0.25) is 0 Å². The fourth-order valence-electron chi connectivity index (χ4n) is 2.96. The average molecular weight is 412 g/mol. The minimum absolute atomic E-state index is 0.00742. The molecule has 0 radical (unpaired) electrons. The molecular formula is C17H19F3N6OS. The summed E-state index contributed by atoms with van der Waals surface area (Å²) in [4.78, 5) is 12.4. The van der Waals surface area contributed by atoms with Gasteiger partial charge in [0.15, 0.2) is 11.2 Å². The first-order valence-corrected chi connectivity index (χ1v) is 8.91. The first-order chi connectivity index (χ1) is 13.2. The third kappa shape index (κ3) is 4.19. The van der Waals surface area contributed by atoms with E-state index in [1.165, 1.54) is 0 Å². The molecule has 1 aliphatic heterocycles. The maximum atomic E-state index is 13.3. The number of carbonyl (C=O) groups is 1. The second kappa shape index (κ2) is 7.66. The molecule has 1 aromatic carbocycles. The number of halogens is 3. The van der Waals surface area contributed by atoms with Crippen molar-refractivity contribution in [2.24, 2.45) is 0 Å². The number of nitrogens with one attached hydrogen (secondary N) is 4. The van der Waals surface area contributed by atoms with Crippen molar-refractivity contribution in [3.05, 3.63) is 41.6 Å². The Labute approximate surface area is 164 Å². The summed E-state index contributed by atoms with van der Waals surface area (Å²) in [5.41, 5.74) is 6.63. The van der Waals surface area contributed by atoms with Crippen LogP contribution >= 0.6 is 12.2 Å². The Morgan fingerprint density at radius 2 is 2.04 bits per heavy atom. The molecule has 0 bridgehead atoms. The molecule has 3 rings (SSSR count). The maximum absolute atomic E-state index is 13.3. The Morgan fingerprint density at radius 3 is 2.71 bits per heavy atom. The number of amides is 1. The van der Waals surface area contributed by atoms with E-state index >= 15 is 0 Å². The van der Waals surface area contributed by atoms with Crippen LogP contribution in [0, 0.1) is 6.92 Å². The first kappa shape index (κ1) is 19.9. The Morgan fingerprint density at radius 1 is 1.32 bits per heavy atom. The van der Waals surface area contributed by atoms with E-state index < -0.39 is 24.2 Å². The summed E-state index contributed by atoms with van der Waals surface area (Å²) in [6.45, 7) is 3.52. The minimum Gasteiger partial charge on any atom is -0.367 e. The number of benzene rings is 1. The number of nitrogens with zero attached hydrogens (tertiary/aromatic N) is 2. The third-order valence-electron chi connectivity index (χ3n) is 4.36. The lowest BCUT2D eigenvalue weighted by molar-refractivity contribution is -0.173. The van der Waals surface area contributed by atoms with Gasteiger partial charge in [0, 0.05) is 11.7 Å². The van der Waals surface area contributed by atoms with Crippen LogP contribution in [0.15, 0.2) is 30.5 Å². The summed E-state index contributed by atoms with van der Waals surface area (Å²) < 4.78 is 40.6. The van der Waals surface area contributed by atoms with Crippen molar-refractivity contribution in [1.29, 1.82) is 0 Å². The highest BCUT2D eigenvalue weighted by Crippen LogP contribution is 2.39. The summed E-state index contributed by atoms with van der Waals surface area (Å²) in [6, 6.07) is 5.19. The normalized spacial score (nSPS) is 18.6. The number of aromatic nitrogens is 2. The quantitative estimate of drug-likeness (QED) is 0.448. The molecule has 4 N–H and O–H groups in total. The molecule has 150 valence electrons. The second-order valence-corrected chi connectivity index (χ2v) is 6.95. The predicted molar refractivity (Wildman–Crippen MR) is 103 cm³/mol. The van der Waals surface area contributed by atoms with Crippen molar-refractivity contribution in [2.75, 3.05) is 10.6 Å². The van der Waals surface area contributed by atoms with Gasteiger partial charge in [0.1, 0.15) is 11.4 Å². The SMILES string of the molecule is Cc1ccccc1NC(=S)NNC(=O)c1cnn2c1N[C@H](C)C[C@H]2C(F)(F)F. The van der Waals surface area contributed by atoms with Gasteiger partial charge in [-0.25, -0.2) is 4.68 Å². The van der Waals surface area contributed by atoms with Crippen molar-refractivity contribution in [3.63, 3.8) is 0 Å². The van der Waals surface area contributed by atoms with Gasteiger partial charge in [-0.15, -0.1) is 0 Å². The van der Waals surface area contributed by atoms with Crippen LogP contribution in [0.3, 0.4) is 0 Å². The summed E-state index contributed by atoms with van der Waals surface area (Å²) in [6.07, 6.45) is -3.52. The van der Waals surface area contributed by atoms with Crippen LogP contribution in [0.1, 0.15) is 35.3 Å². The number of rotatable bonds is 2. The zero-order chi connectivity index (χ0) is 20.5. The smallest absolute Gasteiger partial charge is 0.367 e. The number of hydrogen-bond acceptors (Lipinski definition) is 4. The van der Waals surface area contributed by atoms with Crippen molar-refractivity contribution in [2.45, 2.75) is 38.5 Å². The molecule has 0 fully saturated rings. The van der Waals surface area contributed by atoms with E-state index in [1.54, 1.807) is 6.92 Å². The Kier molecular flexibility index (Phi) is 5.45. The molecule has 0 saturated heterocycles. The van der Waals surface area contributed by atoms with Crippen LogP contribution in [0.25, 0.3) is 0 Å². The molecule has 0 saturated carbocycles. The molecule has 11 heteroatoms. The number of hydrazine groups is 1. The minimum atomic E-state index is -4.46. The molecule has 2 heterocycles. The van der Waals surface area contributed by atoms with Gasteiger partial charge in [0.25, 0.3) is 5.91 Å². The van der Waals surface area contributed by atoms with E-state index in [9.17, 15) is 18.0 Å². The molecule has 0 unspecified atom stereocenters. The van der Waals surface area contributed by atoms with Crippen LogP contribution in [0.2, 0.25) is 0 Å². The molecule has 0 aliphatic carbocycles. The summed E-state index contributed by atoms with van der Waals surface area (Å²) in [5.74, 6) is -0.629. The monoisotopic (exact) mass is 412 g/mol. The summed E-state index contributed by atoms with van der Waals surface area (Å²) in [7, 11) is 0. The number of alkyl halides is 3. The lowest BCUT2D eigenvalue weighted by Gasteiger charge is -2.31. The fourth-order valence-corrected chi connectivity index (χ4v) is 3.12. The number of hydrogen-bond donors (Lipinski definition) is 4. The third-order valence-corrected chi connectivity index (χ3v) is 4.56. The summed E-state index contributed by atoms with van der Waals surface area (Å²) in [5, 5.41) is 9.72. The van der Waals surface area contributed by atoms with Crippen LogP contribution in [0.5, 0.6) is 0 Å². The van der Waals surface area contributed by atoms with E-state index in [4.69, 9.17) is 12.2 Å². The van der Waals surface area contributed by atoms with Crippen LogP contribution in [0.4, 0.5) is 24.7 Å². The van der Waals surface area contributed by atoms with Crippen molar-refractivity contribution in [1.82, 2.24) is 20.6 Å². The van der Waals surface area contributed by atoms with E-state index in [1.807, 2.05) is 31.2 Å². The number of carbonyl (C=O) groups excluding carboxylic acids is 1. The van der Waals surface area contributed by atoms with Crippen LogP contribution in [-0.4, -0.2) is 33.0 Å². The number of aryl methyl sites for hydroxylation is 1. The number of fused-ring (bicyclic) bond motifs is 1. The van der Waals surface area contributed by atoms with E-state index in [0.29, 0.717) is 0 Å². The van der Waals surface area contributed by atoms with Gasteiger partial charge < -0.3 is 10.6 Å². The van der Waals surface area contributed by atoms with Gasteiger partial charge in [0.05, 0.1) is 6.20 Å². The first-order valence-electron chi connectivity index (χ1n) is 8.50. The highest BCUT2D eigenvalue weighted by atomic mass is 32.1. The zero-order valence-corrected chi connectivity index (χ0v) is 15.9. The molecule has 2 aromatic rings. The van der Waals surface area contributed by atoms with Crippen LogP contribution in [-0.2, 0) is 0 Å². The summed E-state index contributed by atoms with van der Waals surface area (Å²) >= 11 is 5.13. The molecule has 2 atom stereocenters. The number of anilines is 2. The molecule has 1 aliphatic rings. The molecule has 7 nitrogen and oxygen atoms in total. The topological polar surface area (TPSA) is 83.0 Å². The van der Waals surface area contributed by atoms with Crippen molar-refractivity contribution >= 4 is 34.7 Å². The predicted octanol–water partition coefficient (Wildman–Crippen LogP) is 3.13. The molecule has 28 heavy (non-hydrogen) atoms. The van der Waals surface area contributed by atoms with Gasteiger partial charge in [-0.05, 0) is 44.1 Å². The number of para-hydroxylation sites is 1. The van der Waals surface area contributed by atoms with Gasteiger partial charge in [-0.2, -0.15) is 18.3 Å². The van der Waals surface area contributed by atoms with Crippen LogP contribution < -0.4 is 21.5 Å². The molecule has 1 amide bonds. The van der Waals surface area contributed by atoms with Crippen molar-refractivity contribution < 1.29 is 18.0 Å². The van der Waals surface area contributed by atoms with Gasteiger partial charge in [-0.3, -0.25) is 15.6 Å². The Bertz CT molecular complexity index is 897. The highest BCUT2D eigenvalue weighted by molar-refractivity contribution is 7.80. The van der Waals surface area contributed by atoms with E-state index in [2.05, 4.69) is 26.6 Å². The highest BCUT2D eigenvalue weighted by Gasteiger charge is 2.46. The fraction of sp³-hybridized carbons (Fsp3) is 0.353. The van der Waals surface area contributed by atoms with Crippen molar-refractivity contribution in [3.8, 4) is 0 Å². The maximum Gasteiger partial charge on any atom is 0.410 e. The standard InChI is InChI=1S/C17H19F3N6OS/c1-9-5-3-4-6-12(9)23-16(28)25-24-15(27)11-8-21-26-13(17(18,19)20)7-10(2)22-14(11)26/h3-6,8,10,13,22H,7H2,1-2H3,(H,24,27)(H2,23,25,28)/t10-,13+/m1/s1. The lowest BCUT2D eigenvalue weighted by atomic mass is 10.1. The average Bonchev–Trinajstić information content (AvgIpc) is 3.03. The number of thiocarbonyl (C=S) groups is 1. The Balaban J connectivity index is 1.68. The second-order valence-electron chi connectivity index (χ2n) is 6.54.